The molecule has 118 valence electrons. The van der Waals surface area contributed by atoms with Crippen molar-refractivity contribution in [1.82, 2.24) is 9.55 Å². The fourth-order valence-corrected chi connectivity index (χ4v) is 4.59. The van der Waals surface area contributed by atoms with Crippen molar-refractivity contribution in [3.05, 3.63) is 32.6 Å². The molecule has 3 atom stereocenters. The molecule has 21 heavy (non-hydrogen) atoms. The predicted octanol–water partition coefficient (Wildman–Crippen LogP) is 3.57. The fourth-order valence-electron chi connectivity index (χ4n) is 3.20. The smallest absolute Gasteiger partial charge is 0.295 e. The number of halogens is 4. The van der Waals surface area contributed by atoms with Crippen LogP contribution in [-0.2, 0) is 0 Å². The van der Waals surface area contributed by atoms with Gasteiger partial charge in [0.2, 0.25) is 0 Å². The topological polar surface area (TPSA) is 54.9 Å². The van der Waals surface area contributed by atoms with Crippen LogP contribution in [0.2, 0.25) is 0 Å². The van der Waals surface area contributed by atoms with Crippen molar-refractivity contribution in [1.29, 1.82) is 0 Å². The molecule has 8 heteroatoms. The summed E-state index contributed by atoms with van der Waals surface area (Å²) < 4.78 is 0.362. The standard InChI is InChI=1S/C13H16BrCl3N2O2/c1-7-2-11(20)18-12(21)19(7)10-3-8(5-13(15,16)17)9(4-10)6-14/h2,8-10H,3-6H2,1H3,(H,18,20,21)/t8-,9+,10?/m1/s1. The van der Waals surface area contributed by atoms with E-state index in [9.17, 15) is 9.59 Å². The van der Waals surface area contributed by atoms with Crippen molar-refractivity contribution in [2.75, 3.05) is 5.33 Å². The highest BCUT2D eigenvalue weighted by atomic mass is 79.9. The minimum atomic E-state index is -1.29. The van der Waals surface area contributed by atoms with Crippen molar-refractivity contribution in [2.45, 2.75) is 36.0 Å². The molecule has 0 aromatic carbocycles. The first-order chi connectivity index (χ1) is 9.71. The van der Waals surface area contributed by atoms with Gasteiger partial charge in [0.05, 0.1) is 0 Å². The molecular weight excluding hydrogens is 402 g/mol. The summed E-state index contributed by atoms with van der Waals surface area (Å²) in [5.74, 6) is 0.559. The molecule has 0 aliphatic heterocycles. The Balaban J connectivity index is 2.28. The highest BCUT2D eigenvalue weighted by molar-refractivity contribution is 9.09. The summed E-state index contributed by atoms with van der Waals surface area (Å²) in [5.41, 5.74) is -0.0777. The third-order valence-electron chi connectivity index (χ3n) is 4.04. The van der Waals surface area contributed by atoms with Gasteiger partial charge in [-0.1, -0.05) is 50.7 Å². The van der Waals surface area contributed by atoms with Gasteiger partial charge in [0.15, 0.2) is 3.79 Å². The van der Waals surface area contributed by atoms with Gasteiger partial charge in [0.1, 0.15) is 0 Å². The number of nitrogens with one attached hydrogen (secondary N) is 1. The van der Waals surface area contributed by atoms with Crippen LogP contribution in [0.25, 0.3) is 0 Å². The molecule has 0 saturated heterocycles. The van der Waals surface area contributed by atoms with E-state index in [1.165, 1.54) is 6.07 Å². The SMILES string of the molecule is Cc1cc(=O)[nH]c(=O)n1C1C[C@@H](CBr)[C@@H](CC(Cl)(Cl)Cl)C1. The molecule has 1 aliphatic rings. The van der Waals surface area contributed by atoms with Gasteiger partial charge in [-0.05, 0) is 38.0 Å². The van der Waals surface area contributed by atoms with Crippen LogP contribution in [0.4, 0.5) is 0 Å². The van der Waals surface area contributed by atoms with Crippen molar-refractivity contribution >= 4 is 50.7 Å². The molecule has 0 radical (unpaired) electrons. The van der Waals surface area contributed by atoms with Gasteiger partial charge in [0, 0.05) is 23.1 Å². The van der Waals surface area contributed by atoms with E-state index in [0.717, 1.165) is 18.2 Å². The van der Waals surface area contributed by atoms with E-state index in [-0.39, 0.29) is 23.2 Å². The lowest BCUT2D eigenvalue weighted by molar-refractivity contribution is 0.400. The lowest BCUT2D eigenvalue weighted by atomic mass is 9.95. The van der Waals surface area contributed by atoms with Crippen LogP contribution in [0.5, 0.6) is 0 Å². The summed E-state index contributed by atoms with van der Waals surface area (Å²) in [6.07, 6.45) is 2.04. The molecule has 1 N–H and O–H groups in total. The summed E-state index contributed by atoms with van der Waals surface area (Å²) in [5, 5.41) is 0.798. The van der Waals surface area contributed by atoms with Gasteiger partial charge in [-0.15, -0.1) is 0 Å². The van der Waals surface area contributed by atoms with E-state index in [1.807, 2.05) is 0 Å². The number of aromatic amines is 1. The van der Waals surface area contributed by atoms with E-state index in [1.54, 1.807) is 11.5 Å². The second kappa shape index (κ2) is 6.65. The zero-order valence-corrected chi connectivity index (χ0v) is 15.3. The molecule has 1 saturated carbocycles. The lowest BCUT2D eigenvalue weighted by Gasteiger charge is -2.21. The van der Waals surface area contributed by atoms with Crippen LogP contribution in [0.3, 0.4) is 0 Å². The highest BCUT2D eigenvalue weighted by Crippen LogP contribution is 2.47. The van der Waals surface area contributed by atoms with Crippen LogP contribution in [0.15, 0.2) is 15.7 Å². The van der Waals surface area contributed by atoms with Gasteiger partial charge >= 0.3 is 5.69 Å². The monoisotopic (exact) mass is 416 g/mol. The molecule has 1 heterocycles. The number of aryl methyl sites for hydroxylation is 1. The van der Waals surface area contributed by atoms with Crippen LogP contribution < -0.4 is 11.2 Å². The number of hydrogen-bond acceptors (Lipinski definition) is 2. The van der Waals surface area contributed by atoms with E-state index in [0.29, 0.717) is 18.0 Å². The molecule has 1 aromatic heterocycles. The predicted molar refractivity (Wildman–Crippen MR) is 90.0 cm³/mol. The second-order valence-corrected chi connectivity index (χ2v) is 8.73. The number of alkyl halides is 4. The number of hydrogen-bond donors (Lipinski definition) is 1. The van der Waals surface area contributed by atoms with Crippen molar-refractivity contribution in [3.8, 4) is 0 Å². The first-order valence-corrected chi connectivity index (χ1v) is 8.92. The van der Waals surface area contributed by atoms with Gasteiger partial charge in [-0.25, -0.2) is 4.79 Å². The molecule has 1 aromatic rings. The lowest BCUT2D eigenvalue weighted by Crippen LogP contribution is -2.33. The average molecular weight is 419 g/mol. The van der Waals surface area contributed by atoms with Crippen molar-refractivity contribution in [2.24, 2.45) is 11.8 Å². The third kappa shape index (κ3) is 4.27. The molecule has 1 fully saturated rings. The largest absolute Gasteiger partial charge is 0.328 e. The molecule has 1 unspecified atom stereocenters. The van der Waals surface area contributed by atoms with Crippen molar-refractivity contribution < 1.29 is 0 Å². The molecular formula is C13H16BrCl3N2O2. The normalized spacial score (nSPS) is 26.2. The van der Waals surface area contributed by atoms with E-state index < -0.39 is 3.79 Å². The Morgan fingerprint density at radius 3 is 2.48 bits per heavy atom. The maximum Gasteiger partial charge on any atom is 0.328 e. The van der Waals surface area contributed by atoms with E-state index in [4.69, 9.17) is 34.8 Å². The zero-order valence-electron chi connectivity index (χ0n) is 11.4. The fraction of sp³-hybridized carbons (Fsp3) is 0.692. The third-order valence-corrected chi connectivity index (χ3v) is 5.34. The molecule has 1 aliphatic carbocycles. The first kappa shape index (κ1) is 17.4. The van der Waals surface area contributed by atoms with E-state index >= 15 is 0 Å². The summed E-state index contributed by atoms with van der Waals surface area (Å²) in [4.78, 5) is 25.7. The van der Waals surface area contributed by atoms with Gasteiger partial charge in [-0.2, -0.15) is 0 Å². The average Bonchev–Trinajstić information content (AvgIpc) is 2.67. The Morgan fingerprint density at radius 1 is 1.33 bits per heavy atom. The highest BCUT2D eigenvalue weighted by Gasteiger charge is 2.39. The Bertz CT molecular complexity index is 623. The van der Waals surface area contributed by atoms with Crippen LogP contribution in [0.1, 0.15) is 31.0 Å². The molecule has 4 nitrogen and oxygen atoms in total. The van der Waals surface area contributed by atoms with Crippen LogP contribution in [0, 0.1) is 18.8 Å². The number of aromatic nitrogens is 2. The summed E-state index contributed by atoms with van der Waals surface area (Å²) in [6, 6.07) is 1.46. The Labute approximate surface area is 145 Å². The molecule has 0 spiro atoms. The van der Waals surface area contributed by atoms with Gasteiger partial charge in [0.25, 0.3) is 5.56 Å². The Kier molecular flexibility index (Phi) is 5.50. The van der Waals surface area contributed by atoms with Crippen LogP contribution >= 0.6 is 50.7 Å². The maximum absolute atomic E-state index is 12.1. The minimum Gasteiger partial charge on any atom is -0.295 e. The van der Waals surface area contributed by atoms with E-state index in [2.05, 4.69) is 20.9 Å². The molecule has 0 amide bonds. The number of rotatable bonds is 3. The summed E-state index contributed by atoms with van der Waals surface area (Å²) in [6.45, 7) is 1.77. The number of nitrogens with zero attached hydrogens (tertiary/aromatic N) is 1. The molecule has 2 rings (SSSR count). The quantitative estimate of drug-likeness (QED) is 0.763. The second-order valence-electron chi connectivity index (χ2n) is 5.57. The minimum absolute atomic E-state index is 0.0225. The van der Waals surface area contributed by atoms with Crippen molar-refractivity contribution in [3.63, 3.8) is 0 Å². The summed E-state index contributed by atoms with van der Waals surface area (Å²) in [7, 11) is 0. The Hall–Kier alpha value is 0.0300. The zero-order chi connectivity index (χ0) is 15.8. The Morgan fingerprint density at radius 2 is 1.95 bits per heavy atom. The van der Waals surface area contributed by atoms with Crippen LogP contribution in [-0.4, -0.2) is 18.7 Å². The number of H-pyrrole nitrogens is 1. The first-order valence-electron chi connectivity index (χ1n) is 6.66. The van der Waals surface area contributed by atoms with Gasteiger partial charge in [-0.3, -0.25) is 14.3 Å². The maximum atomic E-state index is 12.1. The van der Waals surface area contributed by atoms with Gasteiger partial charge < -0.3 is 0 Å². The summed E-state index contributed by atoms with van der Waals surface area (Å²) >= 11 is 21.2. The molecule has 0 bridgehead atoms.